The Kier molecular flexibility index (Phi) is 2.96. The van der Waals surface area contributed by atoms with E-state index in [0.717, 1.165) is 24.0 Å². The van der Waals surface area contributed by atoms with E-state index in [4.69, 9.17) is 0 Å². The van der Waals surface area contributed by atoms with E-state index in [1.54, 1.807) is 0 Å². The minimum Gasteiger partial charge on any atom is -0.507 e. The van der Waals surface area contributed by atoms with Gasteiger partial charge in [0.2, 0.25) is 0 Å². The molecule has 16 heavy (non-hydrogen) atoms. The summed E-state index contributed by atoms with van der Waals surface area (Å²) in [5.74, 6) is 0.563. The van der Waals surface area contributed by atoms with Crippen LogP contribution in [0.3, 0.4) is 0 Å². The van der Waals surface area contributed by atoms with Gasteiger partial charge in [-0.25, -0.2) is 0 Å². The minimum atomic E-state index is 0.177. The molecule has 2 bridgehead atoms. The van der Waals surface area contributed by atoms with Crippen LogP contribution in [0.5, 0.6) is 5.75 Å². The first kappa shape index (κ1) is 11.5. The second-order valence-electron chi connectivity index (χ2n) is 5.95. The van der Waals surface area contributed by atoms with Gasteiger partial charge in [0, 0.05) is 0 Å². The van der Waals surface area contributed by atoms with Crippen molar-refractivity contribution >= 4 is 0 Å². The Morgan fingerprint density at radius 2 is 1.44 bits per heavy atom. The molecule has 0 radical (unpaired) electrons. The minimum absolute atomic E-state index is 0.177. The summed E-state index contributed by atoms with van der Waals surface area (Å²) in [5.41, 5.74) is 3.84. The molecule has 0 spiro atoms. The van der Waals surface area contributed by atoms with Crippen LogP contribution < -0.4 is 0 Å². The van der Waals surface area contributed by atoms with Gasteiger partial charge in [0.15, 0.2) is 0 Å². The highest BCUT2D eigenvalue weighted by molar-refractivity contribution is 5.46. The Hall–Kier alpha value is -0.980. The van der Waals surface area contributed by atoms with Crippen molar-refractivity contribution in [3.05, 3.63) is 28.8 Å². The van der Waals surface area contributed by atoms with Crippen molar-refractivity contribution in [2.45, 2.75) is 58.3 Å². The van der Waals surface area contributed by atoms with Gasteiger partial charge >= 0.3 is 0 Å². The van der Waals surface area contributed by atoms with E-state index in [1.165, 1.54) is 24.8 Å². The summed E-state index contributed by atoms with van der Waals surface area (Å²) in [6, 6.07) is 4.40. The van der Waals surface area contributed by atoms with Crippen LogP contribution in [0.25, 0.3) is 0 Å². The predicted octanol–water partition coefficient (Wildman–Crippen LogP) is 3.96. The highest BCUT2D eigenvalue weighted by atomic mass is 16.3. The average molecular weight is 218 g/mol. The van der Waals surface area contributed by atoms with E-state index >= 15 is 0 Å². The van der Waals surface area contributed by atoms with Crippen LogP contribution in [-0.2, 0) is 18.3 Å². The largest absolute Gasteiger partial charge is 0.507 e. The van der Waals surface area contributed by atoms with Crippen molar-refractivity contribution in [2.75, 3.05) is 0 Å². The standard InChI is InChI=1S/C15H22O/c1-15(2,3)13-9-11-7-5-4-6-8-12(10-13)14(11)16/h9-10,16H,4-8H2,1-3H3. The Morgan fingerprint density at radius 3 is 1.88 bits per heavy atom. The number of rotatable bonds is 0. The lowest BCUT2D eigenvalue weighted by molar-refractivity contribution is 0.451. The maximum absolute atomic E-state index is 10.1. The first-order chi connectivity index (χ1) is 7.48. The summed E-state index contributed by atoms with van der Waals surface area (Å²) >= 11 is 0. The van der Waals surface area contributed by atoms with Crippen molar-refractivity contribution in [1.29, 1.82) is 0 Å². The summed E-state index contributed by atoms with van der Waals surface area (Å²) in [6.45, 7) is 6.70. The van der Waals surface area contributed by atoms with Crippen LogP contribution in [0.15, 0.2) is 12.1 Å². The molecule has 0 aromatic heterocycles. The molecule has 2 rings (SSSR count). The molecule has 1 aliphatic carbocycles. The number of hydrogen-bond donors (Lipinski definition) is 1. The SMILES string of the molecule is CC(C)(C)c1cc2c(O)c(c1)CCCCC2. The smallest absolute Gasteiger partial charge is 0.121 e. The molecule has 1 aromatic carbocycles. The topological polar surface area (TPSA) is 20.2 Å². The molecule has 1 N–H and O–H groups in total. The number of fused-ring (bicyclic) bond motifs is 2. The Bertz CT molecular complexity index is 358. The van der Waals surface area contributed by atoms with E-state index in [0.29, 0.717) is 5.75 Å². The Labute approximate surface area is 98.5 Å². The van der Waals surface area contributed by atoms with Gasteiger partial charge in [-0.05, 0) is 47.8 Å². The van der Waals surface area contributed by atoms with Gasteiger partial charge in [-0.15, -0.1) is 0 Å². The number of aryl methyl sites for hydroxylation is 2. The Balaban J connectivity index is 2.50. The van der Waals surface area contributed by atoms with Gasteiger partial charge in [0.1, 0.15) is 5.75 Å². The predicted molar refractivity (Wildman–Crippen MR) is 68.1 cm³/mol. The molecule has 0 saturated heterocycles. The lowest BCUT2D eigenvalue weighted by atomic mass is 9.82. The van der Waals surface area contributed by atoms with E-state index in [2.05, 4.69) is 32.9 Å². The molecule has 1 nitrogen and oxygen atoms in total. The third-order valence-electron chi connectivity index (χ3n) is 3.53. The third kappa shape index (κ3) is 2.23. The zero-order chi connectivity index (χ0) is 11.8. The second kappa shape index (κ2) is 4.12. The highest BCUT2D eigenvalue weighted by Crippen LogP contribution is 2.34. The van der Waals surface area contributed by atoms with Crippen molar-refractivity contribution in [2.24, 2.45) is 0 Å². The molecule has 1 aromatic rings. The number of phenols is 1. The normalized spacial score (nSPS) is 16.7. The lowest BCUT2D eigenvalue weighted by Crippen LogP contribution is -2.13. The molecule has 0 heterocycles. The number of aromatic hydroxyl groups is 1. The molecule has 0 amide bonds. The zero-order valence-electron chi connectivity index (χ0n) is 10.6. The first-order valence-corrected chi connectivity index (χ1v) is 6.34. The van der Waals surface area contributed by atoms with Gasteiger partial charge in [-0.2, -0.15) is 0 Å². The number of benzene rings is 1. The molecule has 88 valence electrons. The van der Waals surface area contributed by atoms with Crippen molar-refractivity contribution in [3.8, 4) is 5.75 Å². The van der Waals surface area contributed by atoms with Crippen molar-refractivity contribution in [3.63, 3.8) is 0 Å². The molecule has 1 heteroatoms. The van der Waals surface area contributed by atoms with E-state index < -0.39 is 0 Å². The fourth-order valence-corrected chi connectivity index (χ4v) is 2.38. The molecule has 0 atom stereocenters. The maximum Gasteiger partial charge on any atom is 0.121 e. The quantitative estimate of drug-likeness (QED) is 0.699. The van der Waals surface area contributed by atoms with Gasteiger partial charge in [-0.1, -0.05) is 39.3 Å². The fraction of sp³-hybridized carbons (Fsp3) is 0.600. The summed E-state index contributed by atoms with van der Waals surface area (Å²) in [4.78, 5) is 0. The monoisotopic (exact) mass is 218 g/mol. The maximum atomic E-state index is 10.1. The molecular formula is C15H22O. The number of phenolic OH excluding ortho intramolecular Hbond substituents is 1. The molecule has 0 aliphatic heterocycles. The van der Waals surface area contributed by atoms with Crippen molar-refractivity contribution in [1.82, 2.24) is 0 Å². The summed E-state index contributed by atoms with van der Waals surface area (Å²) in [7, 11) is 0. The summed E-state index contributed by atoms with van der Waals surface area (Å²) in [6.07, 6.45) is 5.76. The third-order valence-corrected chi connectivity index (χ3v) is 3.53. The highest BCUT2D eigenvalue weighted by Gasteiger charge is 2.19. The van der Waals surface area contributed by atoms with Gasteiger partial charge < -0.3 is 5.11 Å². The van der Waals surface area contributed by atoms with E-state index in [-0.39, 0.29) is 5.41 Å². The van der Waals surface area contributed by atoms with Crippen LogP contribution in [0, 0.1) is 0 Å². The molecule has 0 unspecified atom stereocenters. The van der Waals surface area contributed by atoms with Crippen LogP contribution in [0.4, 0.5) is 0 Å². The molecule has 1 aliphatic rings. The van der Waals surface area contributed by atoms with Gasteiger partial charge in [0.25, 0.3) is 0 Å². The fourth-order valence-electron chi connectivity index (χ4n) is 2.38. The van der Waals surface area contributed by atoms with Crippen LogP contribution >= 0.6 is 0 Å². The van der Waals surface area contributed by atoms with E-state index in [1.807, 2.05) is 0 Å². The molecule has 0 fully saturated rings. The van der Waals surface area contributed by atoms with E-state index in [9.17, 15) is 5.11 Å². The number of hydrogen-bond acceptors (Lipinski definition) is 1. The lowest BCUT2D eigenvalue weighted by Gasteiger charge is -2.23. The summed E-state index contributed by atoms with van der Waals surface area (Å²) in [5, 5.41) is 10.1. The van der Waals surface area contributed by atoms with Crippen LogP contribution in [-0.4, -0.2) is 5.11 Å². The van der Waals surface area contributed by atoms with Crippen LogP contribution in [0.1, 0.15) is 56.7 Å². The second-order valence-corrected chi connectivity index (χ2v) is 5.95. The Morgan fingerprint density at radius 1 is 0.938 bits per heavy atom. The average Bonchev–Trinajstić information content (AvgIpc) is 2.20. The van der Waals surface area contributed by atoms with Crippen LogP contribution in [0.2, 0.25) is 0 Å². The van der Waals surface area contributed by atoms with Gasteiger partial charge in [-0.3, -0.25) is 0 Å². The molecule has 0 saturated carbocycles. The first-order valence-electron chi connectivity index (χ1n) is 6.34. The van der Waals surface area contributed by atoms with Crippen molar-refractivity contribution < 1.29 is 5.11 Å². The zero-order valence-corrected chi connectivity index (χ0v) is 10.6. The molecular weight excluding hydrogens is 196 g/mol. The van der Waals surface area contributed by atoms with Gasteiger partial charge in [0.05, 0.1) is 0 Å². The summed E-state index contributed by atoms with van der Waals surface area (Å²) < 4.78 is 0.